The minimum Gasteiger partial charge on any atom is -0.744 e. The Labute approximate surface area is 278 Å². The van der Waals surface area contributed by atoms with Gasteiger partial charge in [-0.25, -0.2) is 8.42 Å². The molecule has 0 amide bonds. The van der Waals surface area contributed by atoms with Crippen molar-refractivity contribution in [3.8, 4) is 0 Å². The number of unbranched alkanes of at least 4 members (excludes halogenated alkanes) is 24. The molecule has 0 fully saturated rings. The Hall–Kier alpha value is 0.130. The summed E-state index contributed by atoms with van der Waals surface area (Å²) < 4.78 is 35.9. The summed E-state index contributed by atoms with van der Waals surface area (Å²) in [5.41, 5.74) is 1.89. The molecule has 0 saturated carbocycles. The number of aryl methyl sites for hydroxylation is 1. The van der Waals surface area contributed by atoms with Crippen molar-refractivity contribution in [1.29, 1.82) is 0 Å². The van der Waals surface area contributed by atoms with Crippen LogP contribution in [-0.4, -0.2) is 13.0 Å². The maximum Gasteiger partial charge on any atom is 1.00 e. The van der Waals surface area contributed by atoms with E-state index in [1.54, 1.807) is 6.07 Å². The molecule has 0 bridgehead atoms. The largest absolute Gasteiger partial charge is 1.00 e. The first-order valence-electron chi connectivity index (χ1n) is 17.6. The normalized spacial score (nSPS) is 11.6. The molecule has 5 heteroatoms. The fourth-order valence-electron chi connectivity index (χ4n) is 6.02. The van der Waals surface area contributed by atoms with Crippen molar-refractivity contribution in [1.82, 2.24) is 0 Å². The van der Waals surface area contributed by atoms with Crippen molar-refractivity contribution in [2.75, 3.05) is 0 Å². The van der Waals surface area contributed by atoms with Crippen molar-refractivity contribution in [3.05, 3.63) is 29.3 Å². The van der Waals surface area contributed by atoms with E-state index in [1.165, 1.54) is 154 Å². The monoisotopic (exact) mass is 600 g/mol. The summed E-state index contributed by atoms with van der Waals surface area (Å²) in [5.74, 6) is 0. The summed E-state index contributed by atoms with van der Waals surface area (Å²) in [4.78, 5) is 0.0265. The Morgan fingerprint density at radius 3 is 1.15 bits per heavy atom. The van der Waals surface area contributed by atoms with Crippen LogP contribution in [0.25, 0.3) is 0 Å². The van der Waals surface area contributed by atoms with Crippen LogP contribution >= 0.6 is 0 Å². The van der Waals surface area contributed by atoms with Crippen LogP contribution in [0.4, 0.5) is 0 Å². The molecule has 234 valence electrons. The molecule has 0 aromatic heterocycles. The van der Waals surface area contributed by atoms with Crippen LogP contribution < -0.4 is 29.6 Å². The fraction of sp³-hybridized carbons (Fsp3) is 0.833. The first-order chi connectivity index (χ1) is 19.5. The molecular weight excluding hydrogens is 535 g/mol. The van der Waals surface area contributed by atoms with Gasteiger partial charge in [-0.1, -0.05) is 180 Å². The second kappa shape index (κ2) is 28.9. The van der Waals surface area contributed by atoms with Crippen LogP contribution in [0.2, 0.25) is 0 Å². The number of rotatable bonds is 29. The standard InChI is InChI=1S/C36H66O3S.Na/c1-3-5-7-9-11-13-15-17-19-21-23-25-27-30-34-31-29-33-36(40(37,38)39)35(34)32-28-26-24-22-20-18-16-14-12-10-8-6-4-2;/h29,31,33H,3-28,30,32H2,1-2H3,(H,37,38,39);/q;+1/p-1. The number of hydrogen-bond acceptors (Lipinski definition) is 3. The second-order valence-electron chi connectivity index (χ2n) is 12.3. The molecule has 3 nitrogen and oxygen atoms in total. The van der Waals surface area contributed by atoms with Gasteiger partial charge in [-0.15, -0.1) is 0 Å². The summed E-state index contributed by atoms with van der Waals surface area (Å²) in [6.45, 7) is 4.54. The maximum absolute atomic E-state index is 12.0. The minimum atomic E-state index is -4.43. The maximum atomic E-state index is 12.0. The van der Waals surface area contributed by atoms with Crippen LogP contribution in [0.1, 0.15) is 192 Å². The first-order valence-corrected chi connectivity index (χ1v) is 19.0. The molecule has 1 aromatic carbocycles. The van der Waals surface area contributed by atoms with Crippen molar-refractivity contribution >= 4 is 10.1 Å². The van der Waals surface area contributed by atoms with Gasteiger partial charge < -0.3 is 4.55 Å². The SMILES string of the molecule is CCCCCCCCCCCCCCCc1cccc(S(=O)(=O)[O-])c1CCCCCCCCCCCCCCC.[Na+]. The van der Waals surface area contributed by atoms with Crippen LogP contribution in [-0.2, 0) is 23.0 Å². The summed E-state index contributed by atoms with van der Waals surface area (Å²) in [6.07, 6.45) is 35.6. The van der Waals surface area contributed by atoms with Gasteiger partial charge in [0.2, 0.25) is 0 Å². The summed E-state index contributed by atoms with van der Waals surface area (Å²) in [6, 6.07) is 5.33. The molecule has 0 saturated heterocycles. The average Bonchev–Trinajstić information content (AvgIpc) is 2.93. The molecule has 0 heterocycles. The molecule has 0 aliphatic rings. The molecule has 1 rings (SSSR count). The Morgan fingerprint density at radius 1 is 0.488 bits per heavy atom. The van der Waals surface area contributed by atoms with Crippen molar-refractivity contribution in [2.45, 2.75) is 199 Å². The van der Waals surface area contributed by atoms with Crippen LogP contribution in [0.3, 0.4) is 0 Å². The van der Waals surface area contributed by atoms with E-state index in [0.29, 0.717) is 6.42 Å². The van der Waals surface area contributed by atoms with E-state index < -0.39 is 10.1 Å². The topological polar surface area (TPSA) is 57.2 Å². The van der Waals surface area contributed by atoms with Crippen LogP contribution in [0.5, 0.6) is 0 Å². The zero-order valence-electron chi connectivity index (χ0n) is 27.7. The van der Waals surface area contributed by atoms with Gasteiger partial charge in [0.1, 0.15) is 10.1 Å². The number of hydrogen-bond donors (Lipinski definition) is 0. The fourth-order valence-corrected chi connectivity index (χ4v) is 6.80. The summed E-state index contributed by atoms with van der Waals surface area (Å²) in [7, 11) is -4.43. The van der Waals surface area contributed by atoms with Gasteiger partial charge in [0.05, 0.1) is 4.90 Å². The van der Waals surface area contributed by atoms with E-state index in [0.717, 1.165) is 36.8 Å². The quantitative estimate of drug-likeness (QED) is 0.0524. The molecule has 41 heavy (non-hydrogen) atoms. The van der Waals surface area contributed by atoms with Gasteiger partial charge in [-0.2, -0.15) is 0 Å². The third kappa shape index (κ3) is 23.2. The van der Waals surface area contributed by atoms with E-state index in [9.17, 15) is 13.0 Å². The molecule has 0 N–H and O–H groups in total. The molecule has 0 unspecified atom stereocenters. The minimum absolute atomic E-state index is 0. The Kier molecular flexibility index (Phi) is 29.0. The van der Waals surface area contributed by atoms with Gasteiger partial charge in [0.15, 0.2) is 0 Å². The van der Waals surface area contributed by atoms with Gasteiger partial charge in [-0.3, -0.25) is 0 Å². The third-order valence-corrected chi connectivity index (χ3v) is 9.50. The van der Waals surface area contributed by atoms with Crippen LogP contribution in [0.15, 0.2) is 23.1 Å². The van der Waals surface area contributed by atoms with Crippen LogP contribution in [0, 0.1) is 0 Å². The van der Waals surface area contributed by atoms with E-state index >= 15 is 0 Å². The molecule has 0 radical (unpaired) electrons. The van der Waals surface area contributed by atoms with E-state index in [2.05, 4.69) is 13.8 Å². The Morgan fingerprint density at radius 2 is 0.805 bits per heavy atom. The van der Waals surface area contributed by atoms with Crippen molar-refractivity contribution in [2.24, 2.45) is 0 Å². The zero-order valence-corrected chi connectivity index (χ0v) is 30.5. The summed E-state index contributed by atoms with van der Waals surface area (Å²) >= 11 is 0. The van der Waals surface area contributed by atoms with Gasteiger partial charge in [0, 0.05) is 0 Å². The number of benzene rings is 1. The second-order valence-corrected chi connectivity index (χ2v) is 13.7. The van der Waals surface area contributed by atoms with Gasteiger partial charge in [0.25, 0.3) is 0 Å². The Balaban J connectivity index is 0.0000160. The molecule has 0 atom stereocenters. The van der Waals surface area contributed by atoms with Gasteiger partial charge in [-0.05, 0) is 42.9 Å². The Bertz CT molecular complexity index is 809. The predicted octanol–water partition coefficient (Wildman–Crippen LogP) is 8.86. The molecule has 1 aromatic rings. The van der Waals surface area contributed by atoms with Crippen molar-refractivity contribution in [3.63, 3.8) is 0 Å². The average molecular weight is 601 g/mol. The zero-order chi connectivity index (χ0) is 29.2. The molecule has 0 aliphatic carbocycles. The van der Waals surface area contributed by atoms with E-state index in [1.807, 2.05) is 6.07 Å². The summed E-state index contributed by atoms with van der Waals surface area (Å²) in [5, 5.41) is 0. The van der Waals surface area contributed by atoms with Gasteiger partial charge >= 0.3 is 29.6 Å². The molecular formula is C36H65NaO3S. The smallest absolute Gasteiger partial charge is 0.744 e. The predicted molar refractivity (Wildman–Crippen MR) is 173 cm³/mol. The third-order valence-electron chi connectivity index (χ3n) is 8.58. The van der Waals surface area contributed by atoms with Crippen molar-refractivity contribution < 1.29 is 42.5 Å². The molecule has 0 aliphatic heterocycles. The van der Waals surface area contributed by atoms with E-state index in [4.69, 9.17) is 0 Å². The first kappa shape index (κ1) is 41.1. The molecule has 0 spiro atoms. The van der Waals surface area contributed by atoms with E-state index in [-0.39, 0.29) is 34.5 Å².